The van der Waals surface area contributed by atoms with Crippen molar-refractivity contribution in [2.24, 2.45) is 11.8 Å². The molecular weight excluding hydrogens is 501 g/mol. The molecule has 8 nitrogen and oxygen atoms in total. The molecule has 0 aromatic heterocycles. The number of carboxylic acids is 1. The molecule has 39 heavy (non-hydrogen) atoms. The Morgan fingerprint density at radius 3 is 2.31 bits per heavy atom. The summed E-state index contributed by atoms with van der Waals surface area (Å²) in [5.41, 5.74) is 0.560. The highest BCUT2D eigenvalue weighted by molar-refractivity contribution is 6.16. The van der Waals surface area contributed by atoms with Crippen LogP contribution in [0.25, 0.3) is 0 Å². The number of halogens is 1. The third kappa shape index (κ3) is 3.84. The Morgan fingerprint density at radius 1 is 0.872 bits per heavy atom. The monoisotopic (exact) mass is 527 g/mol. The molecule has 0 unspecified atom stereocenters. The first-order valence-corrected chi connectivity index (χ1v) is 12.9. The smallest absolute Gasteiger partial charge is 0.303 e. The standard InChI is InChI=1S/C30H26FN3O5/c31-21-12-6-4-10-19(21)17-33-23-13-7-5-11-20(23)30(29(33)39)26-25(22(32-30)14-15-24(35)36)27(37)34(28(26)38)16-18-8-2-1-3-9-18/h1-13,22,25-26,32H,14-17H2,(H,35,36)/t22-,25-,26-,30+/m0/s1. The molecule has 0 bridgehead atoms. The predicted octanol–water partition coefficient (Wildman–Crippen LogP) is 3.21. The number of amides is 3. The molecule has 9 heteroatoms. The molecule has 3 amide bonds. The second-order valence-corrected chi connectivity index (χ2v) is 10.2. The van der Waals surface area contributed by atoms with E-state index in [0.29, 0.717) is 16.8 Å². The molecule has 2 saturated heterocycles. The fourth-order valence-electron chi connectivity index (χ4n) is 6.41. The highest BCUT2D eigenvalue weighted by atomic mass is 19.1. The number of rotatable bonds is 7. The lowest BCUT2D eigenvalue weighted by atomic mass is 9.76. The zero-order chi connectivity index (χ0) is 27.3. The lowest BCUT2D eigenvalue weighted by Crippen LogP contribution is -2.55. The van der Waals surface area contributed by atoms with Gasteiger partial charge in [-0.05, 0) is 24.1 Å². The summed E-state index contributed by atoms with van der Waals surface area (Å²) >= 11 is 0. The molecule has 3 aromatic carbocycles. The molecule has 1 spiro atoms. The van der Waals surface area contributed by atoms with E-state index >= 15 is 0 Å². The Morgan fingerprint density at radius 2 is 1.56 bits per heavy atom. The number of nitrogens with one attached hydrogen (secondary N) is 1. The van der Waals surface area contributed by atoms with Gasteiger partial charge in [-0.1, -0.05) is 66.7 Å². The second kappa shape index (κ2) is 9.43. The first-order chi connectivity index (χ1) is 18.8. The number of carboxylic acid groups (broad SMARTS) is 1. The average Bonchev–Trinajstić information content (AvgIpc) is 3.49. The number of carbonyl (C=O) groups excluding carboxylic acids is 3. The molecule has 0 aliphatic carbocycles. The minimum Gasteiger partial charge on any atom is -0.481 e. The number of imide groups is 1. The Balaban J connectivity index is 1.44. The van der Waals surface area contributed by atoms with Crippen molar-refractivity contribution in [1.29, 1.82) is 0 Å². The van der Waals surface area contributed by atoms with Gasteiger partial charge in [0.05, 0.1) is 24.9 Å². The summed E-state index contributed by atoms with van der Waals surface area (Å²) in [6.07, 6.45) is -0.162. The zero-order valence-electron chi connectivity index (χ0n) is 20.9. The molecule has 3 aromatic rings. The minimum atomic E-state index is -1.58. The van der Waals surface area contributed by atoms with Crippen LogP contribution >= 0.6 is 0 Å². The summed E-state index contributed by atoms with van der Waals surface area (Å²) in [5.74, 6) is -4.82. The maximum atomic E-state index is 14.6. The number of benzene rings is 3. The third-order valence-electron chi connectivity index (χ3n) is 8.10. The van der Waals surface area contributed by atoms with Gasteiger partial charge in [-0.15, -0.1) is 0 Å². The van der Waals surface area contributed by atoms with Gasteiger partial charge in [0.2, 0.25) is 11.8 Å². The van der Waals surface area contributed by atoms with Crippen molar-refractivity contribution in [3.05, 3.63) is 101 Å². The van der Waals surface area contributed by atoms with Crippen molar-refractivity contribution in [3.8, 4) is 0 Å². The largest absolute Gasteiger partial charge is 0.481 e. The van der Waals surface area contributed by atoms with Crippen LogP contribution in [0.3, 0.4) is 0 Å². The lowest BCUT2D eigenvalue weighted by Gasteiger charge is -2.30. The van der Waals surface area contributed by atoms with Crippen LogP contribution < -0.4 is 10.2 Å². The number of nitrogens with zero attached hydrogens (tertiary/aromatic N) is 2. The molecule has 2 N–H and O–H groups in total. The summed E-state index contributed by atoms with van der Waals surface area (Å²) < 4.78 is 14.6. The second-order valence-electron chi connectivity index (χ2n) is 10.2. The van der Waals surface area contributed by atoms with Gasteiger partial charge in [0.25, 0.3) is 5.91 Å². The van der Waals surface area contributed by atoms with Gasteiger partial charge >= 0.3 is 5.97 Å². The molecule has 4 atom stereocenters. The SMILES string of the molecule is O=C(O)CC[C@@H]1N[C@@]2(C(=O)N(Cc3ccccc3F)c3ccccc32)[C@@H]2C(=O)N(Cc3ccccc3)C(=O)[C@@H]12. The lowest BCUT2D eigenvalue weighted by molar-refractivity contribution is -0.144. The van der Waals surface area contributed by atoms with E-state index < -0.39 is 52.9 Å². The van der Waals surface area contributed by atoms with E-state index in [1.165, 1.54) is 15.9 Å². The minimum absolute atomic E-state index is 0.0566. The molecule has 2 fully saturated rings. The van der Waals surface area contributed by atoms with Crippen LogP contribution in [0.1, 0.15) is 29.5 Å². The number of likely N-dealkylation sites (tertiary alicyclic amines) is 1. The summed E-state index contributed by atoms with van der Waals surface area (Å²) in [4.78, 5) is 56.3. The zero-order valence-corrected chi connectivity index (χ0v) is 20.9. The van der Waals surface area contributed by atoms with Crippen LogP contribution in [0.5, 0.6) is 0 Å². The van der Waals surface area contributed by atoms with E-state index in [1.54, 1.807) is 42.5 Å². The van der Waals surface area contributed by atoms with Crippen molar-refractivity contribution in [2.45, 2.75) is 37.5 Å². The van der Waals surface area contributed by atoms with E-state index in [-0.39, 0.29) is 25.9 Å². The summed E-state index contributed by atoms with van der Waals surface area (Å²) in [5, 5.41) is 12.7. The first kappa shape index (κ1) is 24.9. The van der Waals surface area contributed by atoms with E-state index in [4.69, 9.17) is 0 Å². The van der Waals surface area contributed by atoms with E-state index in [2.05, 4.69) is 5.32 Å². The Labute approximate surface area is 224 Å². The number of carbonyl (C=O) groups is 4. The number of aliphatic carboxylic acids is 1. The third-order valence-corrected chi connectivity index (χ3v) is 8.10. The Kier molecular flexibility index (Phi) is 6.03. The predicted molar refractivity (Wildman–Crippen MR) is 138 cm³/mol. The normalized spacial score (nSPS) is 25.5. The van der Waals surface area contributed by atoms with Gasteiger partial charge in [0.1, 0.15) is 11.4 Å². The van der Waals surface area contributed by atoms with E-state index in [9.17, 15) is 28.7 Å². The fourth-order valence-corrected chi connectivity index (χ4v) is 6.41. The van der Waals surface area contributed by atoms with Crippen LogP contribution in [-0.2, 0) is 37.8 Å². The van der Waals surface area contributed by atoms with Crippen LogP contribution in [0.2, 0.25) is 0 Å². The Hall–Kier alpha value is -4.37. The van der Waals surface area contributed by atoms with Gasteiger partial charge in [0, 0.05) is 29.3 Å². The molecular formula is C30H26FN3O5. The number of anilines is 1. The summed E-state index contributed by atoms with van der Waals surface area (Å²) in [6.45, 7) is 0.00100. The molecule has 0 radical (unpaired) electrons. The van der Waals surface area contributed by atoms with Gasteiger partial charge in [-0.2, -0.15) is 0 Å². The van der Waals surface area contributed by atoms with Gasteiger partial charge < -0.3 is 10.0 Å². The quantitative estimate of drug-likeness (QED) is 0.457. The summed E-state index contributed by atoms with van der Waals surface area (Å²) in [7, 11) is 0. The van der Waals surface area contributed by atoms with E-state index in [1.807, 2.05) is 30.3 Å². The van der Waals surface area contributed by atoms with Crippen molar-refractivity contribution < 1.29 is 28.7 Å². The molecule has 198 valence electrons. The van der Waals surface area contributed by atoms with Crippen LogP contribution in [-0.4, -0.2) is 39.7 Å². The number of hydrogen-bond donors (Lipinski definition) is 2. The molecule has 3 aliphatic rings. The average molecular weight is 528 g/mol. The number of hydrogen-bond acceptors (Lipinski definition) is 5. The number of para-hydroxylation sites is 1. The van der Waals surface area contributed by atoms with Crippen molar-refractivity contribution >= 4 is 29.4 Å². The van der Waals surface area contributed by atoms with Crippen LogP contribution in [0, 0.1) is 17.7 Å². The molecule has 3 aliphatic heterocycles. The highest BCUT2D eigenvalue weighted by Gasteiger charge is 2.71. The van der Waals surface area contributed by atoms with Crippen molar-refractivity contribution in [3.63, 3.8) is 0 Å². The molecule has 6 rings (SSSR count). The van der Waals surface area contributed by atoms with Gasteiger partial charge in [0.15, 0.2) is 0 Å². The maximum Gasteiger partial charge on any atom is 0.303 e. The topological polar surface area (TPSA) is 107 Å². The molecule has 3 heterocycles. The van der Waals surface area contributed by atoms with Gasteiger partial charge in [-0.25, -0.2) is 4.39 Å². The van der Waals surface area contributed by atoms with Crippen molar-refractivity contribution in [2.75, 3.05) is 4.90 Å². The van der Waals surface area contributed by atoms with Gasteiger partial charge in [-0.3, -0.25) is 29.4 Å². The Bertz CT molecular complexity index is 1490. The highest BCUT2D eigenvalue weighted by Crippen LogP contribution is 2.55. The first-order valence-electron chi connectivity index (χ1n) is 12.9. The van der Waals surface area contributed by atoms with Crippen LogP contribution in [0.4, 0.5) is 10.1 Å². The van der Waals surface area contributed by atoms with E-state index in [0.717, 1.165) is 5.56 Å². The van der Waals surface area contributed by atoms with Crippen molar-refractivity contribution in [1.82, 2.24) is 10.2 Å². The maximum absolute atomic E-state index is 14.6. The molecule has 0 saturated carbocycles. The fraction of sp³-hybridized carbons (Fsp3) is 0.267. The summed E-state index contributed by atoms with van der Waals surface area (Å²) in [6, 6.07) is 21.6. The van der Waals surface area contributed by atoms with Crippen LogP contribution in [0.15, 0.2) is 78.9 Å². The number of fused-ring (bicyclic) bond motifs is 4.